The lowest BCUT2D eigenvalue weighted by Gasteiger charge is -2.09. The molecule has 0 fully saturated rings. The van der Waals surface area contributed by atoms with Gasteiger partial charge >= 0.3 is 0 Å². The minimum atomic E-state index is -0.367. The monoisotopic (exact) mass is 233 g/mol. The predicted octanol–water partition coefficient (Wildman–Crippen LogP) is 2.04. The average Bonchev–Trinajstić information content (AvgIpc) is 2.35. The molecule has 0 spiro atoms. The van der Waals surface area contributed by atoms with Crippen LogP contribution in [0.5, 0.6) is 5.75 Å². The Kier molecular flexibility index (Phi) is 3.23. The topological polar surface area (TPSA) is 31.2 Å². The highest BCUT2D eigenvalue weighted by molar-refractivity contribution is 5.31. The number of methoxy groups -OCH3 is 1. The Morgan fingerprint density at radius 3 is 2.59 bits per heavy atom. The molecule has 17 heavy (non-hydrogen) atoms. The van der Waals surface area contributed by atoms with Crippen molar-refractivity contribution in [2.45, 2.75) is 6.54 Å². The normalized spacial score (nSPS) is 10.2. The maximum Gasteiger partial charge on any atom is 0.181 e. The van der Waals surface area contributed by atoms with E-state index in [9.17, 15) is 9.18 Å². The molecule has 2 rings (SSSR count). The number of hydrogen-bond acceptors (Lipinski definition) is 2. The van der Waals surface area contributed by atoms with Crippen LogP contribution in [-0.4, -0.2) is 11.7 Å². The van der Waals surface area contributed by atoms with Crippen LogP contribution in [0.4, 0.5) is 4.39 Å². The third kappa shape index (κ3) is 2.53. The van der Waals surface area contributed by atoms with Gasteiger partial charge in [-0.15, -0.1) is 0 Å². The highest BCUT2D eigenvalue weighted by Gasteiger charge is 2.07. The van der Waals surface area contributed by atoms with Crippen molar-refractivity contribution in [3.63, 3.8) is 0 Å². The first-order valence-electron chi connectivity index (χ1n) is 5.18. The number of aromatic nitrogens is 1. The molecule has 0 aliphatic heterocycles. The maximum atomic E-state index is 13.8. The molecule has 1 aromatic heterocycles. The fourth-order valence-corrected chi connectivity index (χ4v) is 1.58. The van der Waals surface area contributed by atoms with Gasteiger partial charge < -0.3 is 9.30 Å². The fraction of sp³-hybridized carbons (Fsp3) is 0.154. The molecule has 4 heteroatoms. The Morgan fingerprint density at radius 2 is 1.94 bits per heavy atom. The van der Waals surface area contributed by atoms with Gasteiger partial charge in [-0.1, -0.05) is 12.1 Å². The first kappa shape index (κ1) is 11.4. The van der Waals surface area contributed by atoms with Crippen molar-refractivity contribution in [3.05, 3.63) is 64.3 Å². The van der Waals surface area contributed by atoms with Gasteiger partial charge in [-0.2, -0.15) is 0 Å². The number of nitrogens with zero attached hydrogens (tertiary/aromatic N) is 1. The Balaban J connectivity index is 2.30. The molecule has 1 heterocycles. The number of halogens is 1. The van der Waals surface area contributed by atoms with Crippen molar-refractivity contribution in [2.24, 2.45) is 0 Å². The third-order valence-electron chi connectivity index (χ3n) is 2.48. The molecule has 0 radical (unpaired) electrons. The number of pyridine rings is 1. The van der Waals surface area contributed by atoms with Crippen LogP contribution in [0.25, 0.3) is 0 Å². The second kappa shape index (κ2) is 4.82. The van der Waals surface area contributed by atoms with Gasteiger partial charge in [-0.05, 0) is 6.07 Å². The smallest absolute Gasteiger partial charge is 0.181 e. The average molecular weight is 233 g/mol. The molecule has 0 saturated carbocycles. The van der Waals surface area contributed by atoms with Crippen LogP contribution in [0.3, 0.4) is 0 Å². The van der Waals surface area contributed by atoms with Crippen LogP contribution in [-0.2, 0) is 6.54 Å². The Labute approximate surface area is 98.1 Å². The van der Waals surface area contributed by atoms with Crippen LogP contribution in [0.2, 0.25) is 0 Å². The Bertz CT molecular complexity index is 557. The SMILES string of the molecule is COc1cccc(Cn2ccc(=O)cc2)c1F. The van der Waals surface area contributed by atoms with Crippen molar-refractivity contribution >= 4 is 0 Å². The zero-order valence-electron chi connectivity index (χ0n) is 9.39. The first-order chi connectivity index (χ1) is 8.20. The summed E-state index contributed by atoms with van der Waals surface area (Å²) in [4.78, 5) is 10.9. The van der Waals surface area contributed by atoms with Crippen LogP contribution < -0.4 is 10.2 Å². The second-order valence-corrected chi connectivity index (χ2v) is 3.64. The molecule has 0 atom stereocenters. The number of hydrogen-bond donors (Lipinski definition) is 0. The third-order valence-corrected chi connectivity index (χ3v) is 2.48. The van der Waals surface area contributed by atoms with Gasteiger partial charge in [0.05, 0.1) is 13.7 Å². The molecule has 2 aromatic rings. The van der Waals surface area contributed by atoms with E-state index in [1.165, 1.54) is 19.2 Å². The maximum absolute atomic E-state index is 13.8. The van der Waals surface area contributed by atoms with Crippen molar-refractivity contribution < 1.29 is 9.13 Å². The van der Waals surface area contributed by atoms with E-state index in [1.54, 1.807) is 35.2 Å². The van der Waals surface area contributed by atoms with Crippen LogP contribution in [0.15, 0.2) is 47.5 Å². The molecule has 0 saturated heterocycles. The molecular weight excluding hydrogens is 221 g/mol. The molecule has 0 bridgehead atoms. The van der Waals surface area contributed by atoms with E-state index < -0.39 is 0 Å². The van der Waals surface area contributed by atoms with E-state index in [0.29, 0.717) is 12.1 Å². The lowest BCUT2D eigenvalue weighted by molar-refractivity contribution is 0.383. The minimum absolute atomic E-state index is 0.0626. The Morgan fingerprint density at radius 1 is 1.24 bits per heavy atom. The summed E-state index contributed by atoms with van der Waals surface area (Å²) in [5, 5.41) is 0. The number of benzene rings is 1. The fourth-order valence-electron chi connectivity index (χ4n) is 1.58. The zero-order chi connectivity index (χ0) is 12.3. The molecule has 0 aliphatic rings. The van der Waals surface area contributed by atoms with Gasteiger partial charge in [0, 0.05) is 30.1 Å². The van der Waals surface area contributed by atoms with Gasteiger partial charge in [-0.25, -0.2) is 4.39 Å². The quantitative estimate of drug-likeness (QED) is 0.812. The van der Waals surface area contributed by atoms with Gasteiger partial charge in [0.15, 0.2) is 17.0 Å². The van der Waals surface area contributed by atoms with Crippen LogP contribution >= 0.6 is 0 Å². The van der Waals surface area contributed by atoms with Crippen molar-refractivity contribution in [3.8, 4) is 5.75 Å². The lowest BCUT2D eigenvalue weighted by Crippen LogP contribution is -2.06. The van der Waals surface area contributed by atoms with Gasteiger partial charge in [0.25, 0.3) is 0 Å². The van der Waals surface area contributed by atoms with Crippen molar-refractivity contribution in [1.29, 1.82) is 0 Å². The number of rotatable bonds is 3. The molecule has 3 nitrogen and oxygen atoms in total. The standard InChI is InChI=1S/C13H12FNO2/c1-17-12-4-2-3-10(13(12)14)9-15-7-5-11(16)6-8-15/h2-8H,9H2,1H3. The van der Waals surface area contributed by atoms with Crippen LogP contribution in [0, 0.1) is 5.82 Å². The summed E-state index contributed by atoms with van der Waals surface area (Å²) in [6.07, 6.45) is 3.25. The van der Waals surface area contributed by atoms with Gasteiger partial charge in [0.1, 0.15) is 0 Å². The predicted molar refractivity (Wildman–Crippen MR) is 62.8 cm³/mol. The Hall–Kier alpha value is -2.10. The molecule has 0 unspecified atom stereocenters. The first-order valence-corrected chi connectivity index (χ1v) is 5.18. The summed E-state index contributed by atoms with van der Waals surface area (Å²) < 4.78 is 20.5. The van der Waals surface area contributed by atoms with E-state index in [1.807, 2.05) is 0 Å². The largest absolute Gasteiger partial charge is 0.494 e. The van der Waals surface area contributed by atoms with Crippen LogP contribution in [0.1, 0.15) is 5.56 Å². The summed E-state index contributed by atoms with van der Waals surface area (Å²) in [7, 11) is 1.43. The van der Waals surface area contributed by atoms with Gasteiger partial charge in [0.2, 0.25) is 0 Å². The molecule has 0 N–H and O–H groups in total. The summed E-state index contributed by atoms with van der Waals surface area (Å²) in [5.74, 6) is -0.141. The molecule has 0 aliphatic carbocycles. The van der Waals surface area contributed by atoms with Crippen molar-refractivity contribution in [1.82, 2.24) is 4.57 Å². The molecule has 0 amide bonds. The summed E-state index contributed by atoms with van der Waals surface area (Å²) >= 11 is 0. The summed E-state index contributed by atoms with van der Waals surface area (Å²) in [6.45, 7) is 0.364. The highest BCUT2D eigenvalue weighted by Crippen LogP contribution is 2.20. The van der Waals surface area contributed by atoms with E-state index in [4.69, 9.17) is 4.74 Å². The molecule has 1 aromatic carbocycles. The second-order valence-electron chi connectivity index (χ2n) is 3.64. The summed E-state index contributed by atoms with van der Waals surface area (Å²) in [6, 6.07) is 7.89. The van der Waals surface area contributed by atoms with E-state index in [2.05, 4.69) is 0 Å². The molecule has 88 valence electrons. The number of ether oxygens (including phenoxy) is 1. The van der Waals surface area contributed by atoms with Gasteiger partial charge in [-0.3, -0.25) is 4.79 Å². The summed E-state index contributed by atoms with van der Waals surface area (Å²) in [5.41, 5.74) is 0.459. The molecular formula is C13H12FNO2. The zero-order valence-corrected chi connectivity index (χ0v) is 9.39. The minimum Gasteiger partial charge on any atom is -0.494 e. The highest BCUT2D eigenvalue weighted by atomic mass is 19.1. The lowest BCUT2D eigenvalue weighted by atomic mass is 10.2. The van der Waals surface area contributed by atoms with Crippen molar-refractivity contribution in [2.75, 3.05) is 7.11 Å². The van der Waals surface area contributed by atoms with E-state index in [-0.39, 0.29) is 17.0 Å². The van der Waals surface area contributed by atoms with E-state index >= 15 is 0 Å². The van der Waals surface area contributed by atoms with E-state index in [0.717, 1.165) is 0 Å².